The summed E-state index contributed by atoms with van der Waals surface area (Å²) in [4.78, 5) is 14.1. The number of anilines is 1. The van der Waals surface area contributed by atoms with E-state index in [4.69, 9.17) is 10.8 Å². The molecule has 6 heteroatoms. The Hall–Kier alpha value is -1.14. The van der Waals surface area contributed by atoms with Gasteiger partial charge in [0, 0.05) is 17.2 Å². The lowest BCUT2D eigenvalue weighted by molar-refractivity contribution is 0.209. The normalized spacial score (nSPS) is 9.69. The molecule has 0 saturated heterocycles. The van der Waals surface area contributed by atoms with Crippen molar-refractivity contribution in [1.29, 1.82) is 0 Å². The summed E-state index contributed by atoms with van der Waals surface area (Å²) in [5.41, 5.74) is 6.22. The highest BCUT2D eigenvalue weighted by Crippen LogP contribution is 2.17. The van der Waals surface area contributed by atoms with E-state index >= 15 is 0 Å². The molecule has 0 aliphatic rings. The predicted octanol–water partition coefficient (Wildman–Crippen LogP) is 1.39. The number of halogens is 1. The van der Waals surface area contributed by atoms with Gasteiger partial charge in [0.05, 0.1) is 0 Å². The van der Waals surface area contributed by atoms with Crippen LogP contribution in [0.3, 0.4) is 0 Å². The molecule has 0 aromatic carbocycles. The SMILES string of the molecule is NCc1cc(NC(=O)O)ncc1Br. The van der Waals surface area contributed by atoms with Crippen molar-refractivity contribution in [1.82, 2.24) is 4.98 Å². The Morgan fingerprint density at radius 1 is 1.77 bits per heavy atom. The highest BCUT2D eigenvalue weighted by Gasteiger charge is 2.03. The minimum absolute atomic E-state index is 0.274. The fourth-order valence-corrected chi connectivity index (χ4v) is 1.19. The summed E-state index contributed by atoms with van der Waals surface area (Å²) in [7, 11) is 0. The maximum atomic E-state index is 10.3. The van der Waals surface area contributed by atoms with E-state index in [0.717, 1.165) is 10.0 Å². The fraction of sp³-hybridized carbons (Fsp3) is 0.143. The van der Waals surface area contributed by atoms with Crippen molar-refractivity contribution >= 4 is 27.8 Å². The Balaban J connectivity index is 2.92. The van der Waals surface area contributed by atoms with E-state index in [0.29, 0.717) is 6.54 Å². The summed E-state index contributed by atoms with van der Waals surface area (Å²) < 4.78 is 0.769. The summed E-state index contributed by atoms with van der Waals surface area (Å²) in [5.74, 6) is 0.274. The first-order valence-corrected chi connectivity index (χ1v) is 4.27. The molecule has 1 rings (SSSR count). The van der Waals surface area contributed by atoms with Gasteiger partial charge in [0.1, 0.15) is 5.82 Å². The largest absolute Gasteiger partial charge is 0.465 e. The van der Waals surface area contributed by atoms with Crippen LogP contribution in [0.15, 0.2) is 16.7 Å². The Bertz CT molecular complexity index is 330. The van der Waals surface area contributed by atoms with Gasteiger partial charge in [-0.05, 0) is 27.6 Å². The van der Waals surface area contributed by atoms with E-state index in [1.165, 1.54) is 6.20 Å². The van der Waals surface area contributed by atoms with Gasteiger partial charge >= 0.3 is 6.09 Å². The lowest BCUT2D eigenvalue weighted by Gasteiger charge is -2.03. The monoisotopic (exact) mass is 245 g/mol. The number of nitrogens with two attached hydrogens (primary N) is 1. The zero-order valence-corrected chi connectivity index (χ0v) is 8.21. The lowest BCUT2D eigenvalue weighted by atomic mass is 10.2. The number of amides is 1. The molecule has 1 aromatic rings. The minimum atomic E-state index is -1.14. The molecule has 1 amide bonds. The zero-order valence-electron chi connectivity index (χ0n) is 6.62. The maximum absolute atomic E-state index is 10.3. The van der Waals surface area contributed by atoms with Crippen LogP contribution < -0.4 is 11.1 Å². The molecule has 0 spiro atoms. The van der Waals surface area contributed by atoms with Crippen LogP contribution >= 0.6 is 15.9 Å². The molecule has 0 aliphatic heterocycles. The second-order valence-corrected chi connectivity index (χ2v) is 3.15. The molecule has 5 nitrogen and oxygen atoms in total. The molecule has 0 fully saturated rings. The van der Waals surface area contributed by atoms with Crippen LogP contribution in [0.1, 0.15) is 5.56 Å². The molecule has 1 heterocycles. The molecule has 0 unspecified atom stereocenters. The molecule has 0 aliphatic carbocycles. The topological polar surface area (TPSA) is 88.2 Å². The van der Waals surface area contributed by atoms with Crippen molar-refractivity contribution in [3.63, 3.8) is 0 Å². The molecular formula is C7H8BrN3O2. The van der Waals surface area contributed by atoms with Gasteiger partial charge in [-0.15, -0.1) is 0 Å². The molecule has 13 heavy (non-hydrogen) atoms. The predicted molar refractivity (Wildman–Crippen MR) is 51.5 cm³/mol. The zero-order chi connectivity index (χ0) is 9.84. The summed E-state index contributed by atoms with van der Waals surface area (Å²) in [6.45, 7) is 0.331. The van der Waals surface area contributed by atoms with Crippen LogP contribution in [-0.4, -0.2) is 16.2 Å². The van der Waals surface area contributed by atoms with Gasteiger partial charge in [-0.25, -0.2) is 9.78 Å². The third kappa shape index (κ3) is 2.67. The number of aromatic nitrogens is 1. The molecule has 0 atom stereocenters. The third-order valence-corrected chi connectivity index (χ3v) is 2.10. The Labute approximate surface area is 83.1 Å². The Morgan fingerprint density at radius 3 is 3.00 bits per heavy atom. The number of nitrogens with one attached hydrogen (secondary N) is 1. The number of hydrogen-bond donors (Lipinski definition) is 3. The van der Waals surface area contributed by atoms with Crippen LogP contribution in [0.5, 0.6) is 0 Å². The number of carbonyl (C=O) groups is 1. The summed E-state index contributed by atoms with van der Waals surface area (Å²) >= 11 is 3.24. The van der Waals surface area contributed by atoms with Crippen LogP contribution in [0, 0.1) is 0 Å². The van der Waals surface area contributed by atoms with Gasteiger partial charge in [0.25, 0.3) is 0 Å². The lowest BCUT2D eigenvalue weighted by Crippen LogP contribution is -2.09. The van der Waals surface area contributed by atoms with Crippen molar-refractivity contribution in [2.75, 3.05) is 5.32 Å². The molecule has 4 N–H and O–H groups in total. The molecule has 0 bridgehead atoms. The highest BCUT2D eigenvalue weighted by atomic mass is 79.9. The molecule has 70 valence electrons. The maximum Gasteiger partial charge on any atom is 0.410 e. The average Bonchev–Trinajstić information content (AvgIpc) is 2.07. The molecule has 1 aromatic heterocycles. The highest BCUT2D eigenvalue weighted by molar-refractivity contribution is 9.10. The second-order valence-electron chi connectivity index (χ2n) is 2.30. The first-order chi connectivity index (χ1) is 6.13. The van der Waals surface area contributed by atoms with E-state index in [2.05, 4.69) is 26.2 Å². The van der Waals surface area contributed by atoms with Gasteiger partial charge in [-0.2, -0.15) is 0 Å². The average molecular weight is 246 g/mol. The van der Waals surface area contributed by atoms with E-state index in [9.17, 15) is 4.79 Å². The van der Waals surface area contributed by atoms with Crippen LogP contribution in [0.4, 0.5) is 10.6 Å². The molecule has 0 radical (unpaired) electrons. The van der Waals surface area contributed by atoms with Crippen LogP contribution in [0.25, 0.3) is 0 Å². The number of carboxylic acid groups (broad SMARTS) is 1. The Kier molecular flexibility index (Phi) is 3.21. The third-order valence-electron chi connectivity index (χ3n) is 1.39. The molecular weight excluding hydrogens is 238 g/mol. The second kappa shape index (κ2) is 4.20. The quantitative estimate of drug-likeness (QED) is 0.735. The van der Waals surface area contributed by atoms with E-state index < -0.39 is 6.09 Å². The van der Waals surface area contributed by atoms with Crippen LogP contribution in [0.2, 0.25) is 0 Å². The molecule has 0 saturated carbocycles. The van der Waals surface area contributed by atoms with Gasteiger partial charge in [0.15, 0.2) is 0 Å². The first-order valence-electron chi connectivity index (χ1n) is 3.48. The fourth-order valence-electron chi connectivity index (χ4n) is 0.815. The Morgan fingerprint density at radius 2 is 2.46 bits per heavy atom. The summed E-state index contributed by atoms with van der Waals surface area (Å²) in [6, 6.07) is 1.58. The first kappa shape index (κ1) is 9.94. The van der Waals surface area contributed by atoms with Crippen molar-refractivity contribution in [3.05, 3.63) is 22.3 Å². The van der Waals surface area contributed by atoms with Crippen molar-refractivity contribution < 1.29 is 9.90 Å². The van der Waals surface area contributed by atoms with Gasteiger partial charge in [-0.3, -0.25) is 5.32 Å². The van der Waals surface area contributed by atoms with Crippen molar-refractivity contribution in [2.24, 2.45) is 5.73 Å². The number of pyridine rings is 1. The summed E-state index contributed by atoms with van der Waals surface area (Å²) in [6.07, 6.45) is 0.366. The van der Waals surface area contributed by atoms with Crippen molar-refractivity contribution in [3.8, 4) is 0 Å². The van der Waals surface area contributed by atoms with Gasteiger partial charge in [0.2, 0.25) is 0 Å². The van der Waals surface area contributed by atoms with Crippen LogP contribution in [-0.2, 0) is 6.54 Å². The van der Waals surface area contributed by atoms with Crippen molar-refractivity contribution in [2.45, 2.75) is 6.54 Å². The number of nitrogens with zero attached hydrogens (tertiary/aromatic N) is 1. The van der Waals surface area contributed by atoms with E-state index in [1.807, 2.05) is 0 Å². The summed E-state index contributed by atoms with van der Waals surface area (Å²) in [5, 5.41) is 10.5. The minimum Gasteiger partial charge on any atom is -0.465 e. The van der Waals surface area contributed by atoms with E-state index in [-0.39, 0.29) is 5.82 Å². The smallest absolute Gasteiger partial charge is 0.410 e. The number of rotatable bonds is 2. The van der Waals surface area contributed by atoms with E-state index in [1.54, 1.807) is 6.07 Å². The van der Waals surface area contributed by atoms with Gasteiger partial charge in [-0.1, -0.05) is 0 Å². The number of hydrogen-bond acceptors (Lipinski definition) is 3. The van der Waals surface area contributed by atoms with Gasteiger partial charge < -0.3 is 10.8 Å². The standard InChI is InChI=1S/C7H8BrN3O2/c8-5-3-10-6(11-7(12)13)1-4(5)2-9/h1,3H,2,9H2,(H,10,11)(H,12,13).